The molecule has 0 aliphatic carbocycles. The maximum Gasteiger partial charge on any atom is 0.232 e. The maximum absolute atomic E-state index is 13.5. The predicted octanol–water partition coefficient (Wildman–Crippen LogP) is 6.66. The molecule has 0 saturated heterocycles. The molecule has 1 aromatic heterocycles. The van der Waals surface area contributed by atoms with Crippen molar-refractivity contribution >= 4 is 29.0 Å². The van der Waals surface area contributed by atoms with Gasteiger partial charge in [-0.3, -0.25) is 4.79 Å². The van der Waals surface area contributed by atoms with Crippen molar-refractivity contribution in [2.24, 2.45) is 5.41 Å². The van der Waals surface area contributed by atoms with Crippen molar-refractivity contribution in [3.63, 3.8) is 0 Å². The van der Waals surface area contributed by atoms with E-state index >= 15 is 0 Å². The van der Waals surface area contributed by atoms with E-state index in [0.29, 0.717) is 0 Å². The van der Waals surface area contributed by atoms with Gasteiger partial charge in [0.25, 0.3) is 0 Å². The van der Waals surface area contributed by atoms with Gasteiger partial charge in [0.2, 0.25) is 5.91 Å². The van der Waals surface area contributed by atoms with E-state index in [9.17, 15) is 4.79 Å². The Labute approximate surface area is 177 Å². The number of benzene rings is 2. The number of para-hydroxylation sites is 1. The lowest BCUT2D eigenvalue weighted by Crippen LogP contribution is -2.44. The van der Waals surface area contributed by atoms with Crippen LogP contribution in [-0.4, -0.2) is 11.9 Å². The summed E-state index contributed by atoms with van der Waals surface area (Å²) in [5, 5.41) is 0. The molecule has 1 aliphatic heterocycles. The molecular weight excluding hydrogens is 374 g/mol. The zero-order valence-corrected chi connectivity index (χ0v) is 18.2. The van der Waals surface area contributed by atoms with Crippen LogP contribution < -0.4 is 4.90 Å². The Morgan fingerprint density at radius 3 is 2.31 bits per heavy atom. The van der Waals surface area contributed by atoms with Gasteiger partial charge in [-0.1, -0.05) is 81.5 Å². The minimum atomic E-state index is -0.452. The molecule has 0 saturated carbocycles. The molecule has 3 aromatic rings. The predicted molar refractivity (Wildman–Crippen MR) is 124 cm³/mol. The van der Waals surface area contributed by atoms with Gasteiger partial charge in [-0.05, 0) is 36.2 Å². The van der Waals surface area contributed by atoms with Crippen LogP contribution in [0.4, 0.5) is 5.69 Å². The van der Waals surface area contributed by atoms with E-state index in [1.54, 1.807) is 0 Å². The third kappa shape index (κ3) is 3.79. The van der Waals surface area contributed by atoms with Gasteiger partial charge >= 0.3 is 0 Å². The van der Waals surface area contributed by atoms with Crippen molar-refractivity contribution in [1.29, 1.82) is 0 Å². The van der Waals surface area contributed by atoms with E-state index in [-0.39, 0.29) is 17.9 Å². The van der Waals surface area contributed by atoms with Gasteiger partial charge in [0.05, 0.1) is 6.04 Å². The second-order valence-electron chi connectivity index (χ2n) is 8.67. The molecule has 0 fully saturated rings. The SMILES string of the molecule is Cc1ccc([C@@H]2c3ccccc3N(C(=O)C(C)(C)C)[C@H]2/C=C/c2ccccc2)s1. The van der Waals surface area contributed by atoms with Gasteiger partial charge in [-0.25, -0.2) is 0 Å². The van der Waals surface area contributed by atoms with Crippen molar-refractivity contribution in [3.8, 4) is 0 Å². The number of hydrogen-bond donors (Lipinski definition) is 0. The fraction of sp³-hybridized carbons (Fsp3) is 0.269. The van der Waals surface area contributed by atoms with E-state index in [0.717, 1.165) is 11.3 Å². The molecule has 2 atom stereocenters. The van der Waals surface area contributed by atoms with Gasteiger partial charge in [0.15, 0.2) is 0 Å². The normalized spacial score (nSPS) is 19.0. The molecule has 3 heteroatoms. The molecule has 0 radical (unpaired) electrons. The first-order valence-electron chi connectivity index (χ1n) is 10.1. The number of carbonyl (C=O) groups is 1. The number of hydrogen-bond acceptors (Lipinski definition) is 2. The van der Waals surface area contributed by atoms with E-state index in [1.807, 2.05) is 61.3 Å². The molecule has 0 N–H and O–H groups in total. The average Bonchev–Trinajstić information content (AvgIpc) is 3.26. The van der Waals surface area contributed by atoms with Crippen LogP contribution in [0, 0.1) is 12.3 Å². The highest BCUT2D eigenvalue weighted by atomic mass is 32.1. The Morgan fingerprint density at radius 1 is 0.966 bits per heavy atom. The molecule has 4 rings (SSSR count). The molecule has 148 valence electrons. The first-order valence-corrected chi connectivity index (χ1v) is 10.9. The minimum absolute atomic E-state index is 0.0441. The van der Waals surface area contributed by atoms with E-state index in [2.05, 4.69) is 61.5 Å². The number of carbonyl (C=O) groups excluding carboxylic acids is 1. The highest BCUT2D eigenvalue weighted by molar-refractivity contribution is 7.12. The largest absolute Gasteiger partial charge is 0.304 e. The van der Waals surface area contributed by atoms with Crippen LogP contribution >= 0.6 is 11.3 Å². The minimum Gasteiger partial charge on any atom is -0.304 e. The zero-order valence-electron chi connectivity index (χ0n) is 17.4. The van der Waals surface area contributed by atoms with Crippen LogP contribution in [0.2, 0.25) is 0 Å². The first-order chi connectivity index (χ1) is 13.9. The molecular formula is C26H27NOS. The summed E-state index contributed by atoms with van der Waals surface area (Å²) >= 11 is 1.82. The highest BCUT2D eigenvalue weighted by Gasteiger charge is 2.44. The standard InChI is InChI=1S/C26H27NOS/c1-18-14-17-23(29-18)24-20-12-8-9-13-21(20)27(25(28)26(2,3)4)22(24)16-15-19-10-6-5-7-11-19/h5-17,22,24H,1-4H3/b16-15+/t22-,24+/m0/s1. The summed E-state index contributed by atoms with van der Waals surface area (Å²) in [4.78, 5) is 18.2. The second-order valence-corrected chi connectivity index (χ2v) is 9.99. The number of anilines is 1. The molecule has 2 nitrogen and oxygen atoms in total. The summed E-state index contributed by atoms with van der Waals surface area (Å²) < 4.78 is 0. The lowest BCUT2D eigenvalue weighted by Gasteiger charge is -2.32. The molecule has 29 heavy (non-hydrogen) atoms. The fourth-order valence-electron chi connectivity index (χ4n) is 3.98. The Kier molecular flexibility index (Phi) is 5.18. The summed E-state index contributed by atoms with van der Waals surface area (Å²) in [6.07, 6.45) is 4.35. The number of thiophene rings is 1. The third-order valence-corrected chi connectivity index (χ3v) is 6.47. The van der Waals surface area contributed by atoms with Gasteiger partial charge < -0.3 is 4.90 Å². The lowest BCUT2D eigenvalue weighted by atomic mass is 9.91. The topological polar surface area (TPSA) is 20.3 Å². The Bertz CT molecular complexity index is 1040. The first kappa shape index (κ1) is 19.7. The average molecular weight is 402 g/mol. The quantitative estimate of drug-likeness (QED) is 0.480. The Hall–Kier alpha value is -2.65. The summed E-state index contributed by atoms with van der Waals surface area (Å²) in [6, 6.07) is 23.0. The number of nitrogens with zero attached hydrogens (tertiary/aromatic N) is 1. The maximum atomic E-state index is 13.5. The summed E-state index contributed by atoms with van der Waals surface area (Å²) in [5.74, 6) is 0.305. The molecule has 0 spiro atoms. The van der Waals surface area contributed by atoms with Gasteiger partial charge in [-0.2, -0.15) is 0 Å². The molecule has 0 bridgehead atoms. The van der Waals surface area contributed by atoms with Crippen LogP contribution in [0.15, 0.2) is 72.8 Å². The third-order valence-electron chi connectivity index (χ3n) is 5.38. The van der Waals surface area contributed by atoms with Crippen LogP contribution in [0.3, 0.4) is 0 Å². The van der Waals surface area contributed by atoms with E-state index in [4.69, 9.17) is 0 Å². The molecule has 2 heterocycles. The van der Waals surface area contributed by atoms with Gasteiger partial charge in [-0.15, -0.1) is 11.3 Å². The second kappa shape index (κ2) is 7.64. The van der Waals surface area contributed by atoms with Crippen molar-refractivity contribution in [1.82, 2.24) is 0 Å². The lowest BCUT2D eigenvalue weighted by molar-refractivity contribution is -0.126. The monoisotopic (exact) mass is 401 g/mol. The Morgan fingerprint density at radius 2 is 1.66 bits per heavy atom. The molecule has 1 amide bonds. The number of fused-ring (bicyclic) bond motifs is 1. The summed E-state index contributed by atoms with van der Waals surface area (Å²) in [7, 11) is 0. The Balaban J connectivity index is 1.85. The zero-order chi connectivity index (χ0) is 20.6. The molecule has 1 aliphatic rings. The molecule has 2 aromatic carbocycles. The van der Waals surface area contributed by atoms with Gasteiger partial charge in [0, 0.05) is 26.8 Å². The van der Waals surface area contributed by atoms with E-state index < -0.39 is 5.41 Å². The summed E-state index contributed by atoms with van der Waals surface area (Å²) in [5.41, 5.74) is 2.96. The number of rotatable bonds is 3. The highest BCUT2D eigenvalue weighted by Crippen LogP contribution is 2.48. The number of aryl methyl sites for hydroxylation is 1. The summed E-state index contributed by atoms with van der Waals surface area (Å²) in [6.45, 7) is 8.14. The fourth-order valence-corrected chi connectivity index (χ4v) is 5.02. The van der Waals surface area contributed by atoms with E-state index in [1.165, 1.54) is 15.3 Å². The van der Waals surface area contributed by atoms with Gasteiger partial charge in [0.1, 0.15) is 0 Å². The van der Waals surface area contributed by atoms with Crippen molar-refractivity contribution in [2.45, 2.75) is 39.7 Å². The van der Waals surface area contributed by atoms with Crippen LogP contribution in [-0.2, 0) is 4.79 Å². The van der Waals surface area contributed by atoms with Crippen molar-refractivity contribution in [2.75, 3.05) is 4.90 Å². The van der Waals surface area contributed by atoms with Crippen LogP contribution in [0.1, 0.15) is 47.6 Å². The number of amides is 1. The van der Waals surface area contributed by atoms with Crippen LogP contribution in [0.25, 0.3) is 6.08 Å². The van der Waals surface area contributed by atoms with Crippen molar-refractivity contribution < 1.29 is 4.79 Å². The smallest absolute Gasteiger partial charge is 0.232 e. The molecule has 0 unspecified atom stereocenters. The van der Waals surface area contributed by atoms with Crippen LogP contribution in [0.5, 0.6) is 0 Å². The van der Waals surface area contributed by atoms with Crippen molar-refractivity contribution in [3.05, 3.63) is 93.7 Å².